The largest absolute Gasteiger partial charge is 0.310 e. The molecule has 0 saturated carbocycles. The molecule has 4 aliphatic carbocycles. The maximum absolute atomic E-state index is 2.48. The van der Waals surface area contributed by atoms with Crippen molar-refractivity contribution in [2.45, 2.75) is 77.0 Å². The predicted octanol–water partition coefficient (Wildman–Crippen LogP) is 28.5. The van der Waals surface area contributed by atoms with Gasteiger partial charge in [0.15, 0.2) is 0 Å². The van der Waals surface area contributed by atoms with E-state index in [9.17, 15) is 0 Å². The average Bonchev–Trinajstić information content (AvgIpc) is 1.59. The number of hydrogen-bond donors (Lipinski definition) is 0. The quantitative estimate of drug-likeness (QED) is 0.135. The van der Waals surface area contributed by atoms with E-state index in [1.807, 2.05) is 0 Å². The summed E-state index contributed by atoms with van der Waals surface area (Å²) in [5, 5.41) is 5.02. The molecular weight excluding hydrogens is 1280 g/mol. The van der Waals surface area contributed by atoms with E-state index >= 15 is 0 Å². The van der Waals surface area contributed by atoms with Crippen LogP contribution in [-0.2, 0) is 21.7 Å². The topological polar surface area (TPSA) is 6.48 Å². The number of anilines is 6. The summed E-state index contributed by atoms with van der Waals surface area (Å²) < 4.78 is 0. The molecule has 0 amide bonds. The van der Waals surface area contributed by atoms with Crippen molar-refractivity contribution in [2.75, 3.05) is 9.80 Å². The Morgan fingerprint density at radius 1 is 0.170 bits per heavy atom. The standard InChI is InChI=1S/2C52H41N/c1-51(2)46-20-9-7-17-42(46)44-30-27-39(33-48(44)51)35-25-28-40(29-26-35)53(49-22-12-19-45-43-18-8-10-21-47(43)52(3,4)50(45)49)41-16-11-15-37(32-41)38-24-23-34-13-5-6-14-36(34)31-38;1-51(2)47-18-9-7-16-43(47)45-28-24-39(32-49(45)51)35-22-25-40(26-23-35)53(42-27-29-46-44-17-8-10-19-48(44)52(3,4)50(46)33-42)41-15-11-14-37(31-41)38-21-20-34-12-5-6-13-36(34)30-38/h2*5-33H,1-4H3. The van der Waals surface area contributed by atoms with Gasteiger partial charge >= 0.3 is 0 Å². The zero-order valence-electron chi connectivity index (χ0n) is 61.4. The first-order valence-corrected chi connectivity index (χ1v) is 37.5. The van der Waals surface area contributed by atoms with Gasteiger partial charge in [-0.2, -0.15) is 0 Å². The Kier molecular flexibility index (Phi) is 15.0. The van der Waals surface area contributed by atoms with Gasteiger partial charge in [0.2, 0.25) is 0 Å². The van der Waals surface area contributed by atoms with Crippen molar-refractivity contribution in [1.82, 2.24) is 0 Å². The Morgan fingerprint density at radius 3 is 0.943 bits per heavy atom. The monoisotopic (exact) mass is 1360 g/mol. The van der Waals surface area contributed by atoms with Crippen LogP contribution >= 0.6 is 0 Å². The molecule has 2 nitrogen and oxygen atoms in total. The molecule has 16 aromatic carbocycles. The van der Waals surface area contributed by atoms with Crippen LogP contribution in [-0.4, -0.2) is 0 Å². The molecule has 0 bridgehead atoms. The third kappa shape index (κ3) is 10.4. The molecule has 508 valence electrons. The van der Waals surface area contributed by atoms with Crippen LogP contribution in [0.25, 0.3) is 111 Å². The van der Waals surface area contributed by atoms with Gasteiger partial charge in [0.1, 0.15) is 0 Å². The van der Waals surface area contributed by atoms with Crippen molar-refractivity contribution in [3.63, 3.8) is 0 Å². The Labute approximate surface area is 623 Å². The van der Waals surface area contributed by atoms with E-state index in [0.717, 1.165) is 28.4 Å². The normalized spacial score (nSPS) is 14.3. The molecule has 0 fully saturated rings. The van der Waals surface area contributed by atoms with Crippen LogP contribution in [0.4, 0.5) is 34.1 Å². The van der Waals surface area contributed by atoms with Crippen LogP contribution in [0.5, 0.6) is 0 Å². The van der Waals surface area contributed by atoms with Crippen LogP contribution in [0.15, 0.2) is 352 Å². The minimum absolute atomic E-state index is 0.0320. The highest BCUT2D eigenvalue weighted by atomic mass is 15.2. The van der Waals surface area contributed by atoms with Gasteiger partial charge in [0, 0.05) is 50.1 Å². The van der Waals surface area contributed by atoms with E-state index in [4.69, 9.17) is 0 Å². The molecule has 20 rings (SSSR count). The minimum atomic E-state index is -0.161. The number of nitrogens with zero attached hydrogens (tertiary/aromatic N) is 2. The Bertz CT molecular complexity index is 6220. The molecule has 0 saturated heterocycles. The summed E-state index contributed by atoms with van der Waals surface area (Å²) in [4.78, 5) is 4.90. The summed E-state index contributed by atoms with van der Waals surface area (Å²) in [6.45, 7) is 18.9. The SMILES string of the molecule is CC1(C)c2ccccc2-c2ccc(-c3ccc(N(c4cccc(-c5ccc6ccccc6c5)c4)c4ccc5c(c4)C(C)(C)c4ccccc4-5)cc3)cc21.CC1(C)c2ccccc2-c2ccc(-c3ccc(N(c4cccc(-c5ccc6ccccc6c5)c4)c4cccc5c4C(C)(C)c4ccccc4-5)cc3)cc21. The molecule has 0 radical (unpaired) electrons. The second kappa shape index (κ2) is 24.7. The van der Waals surface area contributed by atoms with Crippen molar-refractivity contribution < 1.29 is 0 Å². The van der Waals surface area contributed by atoms with Crippen molar-refractivity contribution in [1.29, 1.82) is 0 Å². The summed E-state index contributed by atoms with van der Waals surface area (Å²) in [7, 11) is 0. The first-order chi connectivity index (χ1) is 51.6. The highest BCUT2D eigenvalue weighted by Gasteiger charge is 2.41. The molecule has 4 aliphatic rings. The predicted molar refractivity (Wildman–Crippen MR) is 449 cm³/mol. The van der Waals surface area contributed by atoms with Gasteiger partial charge in [-0.3, -0.25) is 0 Å². The molecule has 0 heterocycles. The summed E-state index contributed by atoms with van der Waals surface area (Å²) in [5.41, 5.74) is 38.2. The van der Waals surface area contributed by atoms with Gasteiger partial charge in [-0.15, -0.1) is 0 Å². The van der Waals surface area contributed by atoms with Crippen LogP contribution in [0.2, 0.25) is 0 Å². The molecule has 0 atom stereocenters. The van der Waals surface area contributed by atoms with Crippen LogP contribution in [0.3, 0.4) is 0 Å². The third-order valence-corrected chi connectivity index (χ3v) is 24.1. The lowest BCUT2D eigenvalue weighted by Gasteiger charge is -2.32. The van der Waals surface area contributed by atoms with Gasteiger partial charge < -0.3 is 9.80 Å². The van der Waals surface area contributed by atoms with Crippen molar-refractivity contribution in [3.8, 4) is 89.0 Å². The number of fused-ring (bicyclic) bond motifs is 14. The Morgan fingerprint density at radius 2 is 0.472 bits per heavy atom. The molecule has 2 heteroatoms. The van der Waals surface area contributed by atoms with Gasteiger partial charge in [0.05, 0.1) is 5.69 Å². The molecule has 0 unspecified atom stereocenters. The first kappa shape index (κ1) is 64.5. The molecule has 0 aliphatic heterocycles. The first-order valence-electron chi connectivity index (χ1n) is 37.5. The van der Waals surface area contributed by atoms with E-state index in [0.29, 0.717) is 0 Å². The molecule has 106 heavy (non-hydrogen) atoms. The van der Waals surface area contributed by atoms with Gasteiger partial charge in [0.25, 0.3) is 0 Å². The molecular formula is C104H82N2. The number of hydrogen-bond acceptors (Lipinski definition) is 2. The minimum Gasteiger partial charge on any atom is -0.310 e. The second-order valence-corrected chi connectivity index (χ2v) is 31.6. The summed E-state index contributed by atoms with van der Waals surface area (Å²) >= 11 is 0. The van der Waals surface area contributed by atoms with Crippen LogP contribution in [0.1, 0.15) is 99.9 Å². The van der Waals surface area contributed by atoms with Crippen LogP contribution < -0.4 is 9.80 Å². The Balaban J connectivity index is 0.000000145. The second-order valence-electron chi connectivity index (χ2n) is 31.6. The van der Waals surface area contributed by atoms with E-state index in [1.54, 1.807) is 0 Å². The summed E-state index contributed by atoms with van der Waals surface area (Å²) in [6.07, 6.45) is 0. The zero-order valence-corrected chi connectivity index (χ0v) is 61.4. The highest BCUT2D eigenvalue weighted by Crippen LogP contribution is 2.57. The number of rotatable bonds is 10. The summed E-state index contributed by atoms with van der Waals surface area (Å²) in [5.74, 6) is 0. The van der Waals surface area contributed by atoms with E-state index in [1.165, 1.54) is 161 Å². The van der Waals surface area contributed by atoms with E-state index < -0.39 is 0 Å². The fourth-order valence-corrected chi connectivity index (χ4v) is 18.5. The molecule has 0 N–H and O–H groups in total. The summed E-state index contributed by atoms with van der Waals surface area (Å²) in [6, 6.07) is 131. The maximum Gasteiger partial charge on any atom is 0.0508 e. The van der Waals surface area contributed by atoms with Crippen molar-refractivity contribution in [2.24, 2.45) is 0 Å². The fraction of sp³-hybridized carbons (Fsp3) is 0.115. The molecule has 0 spiro atoms. The lowest BCUT2D eigenvalue weighted by molar-refractivity contribution is 0.660. The molecule has 16 aromatic rings. The van der Waals surface area contributed by atoms with Crippen LogP contribution in [0, 0.1) is 0 Å². The highest BCUT2D eigenvalue weighted by molar-refractivity contribution is 5.95. The molecule has 0 aromatic heterocycles. The lowest BCUT2D eigenvalue weighted by atomic mass is 9.81. The lowest BCUT2D eigenvalue weighted by Crippen LogP contribution is -2.20. The zero-order chi connectivity index (χ0) is 71.8. The van der Waals surface area contributed by atoms with Crippen molar-refractivity contribution in [3.05, 3.63) is 396 Å². The number of benzene rings is 16. The maximum atomic E-state index is 2.48. The van der Waals surface area contributed by atoms with E-state index in [-0.39, 0.29) is 21.7 Å². The van der Waals surface area contributed by atoms with Gasteiger partial charge in [-0.1, -0.05) is 316 Å². The van der Waals surface area contributed by atoms with E-state index in [2.05, 4.69) is 417 Å². The van der Waals surface area contributed by atoms with Gasteiger partial charge in [-0.05, 0) is 246 Å². The fourth-order valence-electron chi connectivity index (χ4n) is 18.5. The smallest absolute Gasteiger partial charge is 0.0508 e. The Hall–Kier alpha value is -12.4. The van der Waals surface area contributed by atoms with Gasteiger partial charge in [-0.25, -0.2) is 0 Å². The third-order valence-electron chi connectivity index (χ3n) is 24.1. The average molecular weight is 1360 g/mol. The van der Waals surface area contributed by atoms with Crippen molar-refractivity contribution >= 4 is 55.7 Å².